The first kappa shape index (κ1) is 17.0. The molecule has 1 fully saturated rings. The fourth-order valence-corrected chi connectivity index (χ4v) is 4.89. The summed E-state index contributed by atoms with van der Waals surface area (Å²) < 4.78 is 24.6. The van der Waals surface area contributed by atoms with Gasteiger partial charge in [0.1, 0.15) is 6.54 Å². The molecule has 1 aromatic carbocycles. The van der Waals surface area contributed by atoms with Crippen LogP contribution in [0.3, 0.4) is 0 Å². The van der Waals surface area contributed by atoms with Gasteiger partial charge < -0.3 is 9.80 Å². The largest absolute Gasteiger partial charge is 0.341 e. The molecule has 0 radical (unpaired) electrons. The Morgan fingerprint density at radius 2 is 1.79 bits per heavy atom. The maximum atomic E-state index is 12.9. The van der Waals surface area contributed by atoms with Gasteiger partial charge in [-0.15, -0.1) is 0 Å². The summed E-state index contributed by atoms with van der Waals surface area (Å²) in [5.74, 6) is -0.464. The minimum atomic E-state index is -3.66. The number of carbonyl (C=O) groups is 2. The first-order valence-electron chi connectivity index (χ1n) is 8.16. The van der Waals surface area contributed by atoms with Gasteiger partial charge in [-0.2, -0.15) is 0 Å². The molecule has 2 amide bonds. The van der Waals surface area contributed by atoms with Crippen molar-refractivity contribution in [3.8, 4) is 0 Å². The molecule has 3 rings (SSSR count). The van der Waals surface area contributed by atoms with Crippen molar-refractivity contribution in [3.05, 3.63) is 24.3 Å². The number of amides is 2. The van der Waals surface area contributed by atoms with E-state index in [0.29, 0.717) is 18.8 Å². The summed E-state index contributed by atoms with van der Waals surface area (Å²) in [7, 11) is -3.66. The molecular formula is C17H22N2O4S. The summed E-state index contributed by atoms with van der Waals surface area (Å²) in [6, 6.07) is 6.44. The van der Waals surface area contributed by atoms with Gasteiger partial charge >= 0.3 is 0 Å². The van der Waals surface area contributed by atoms with E-state index in [1.165, 1.54) is 11.0 Å². The van der Waals surface area contributed by atoms with Gasteiger partial charge in [-0.25, -0.2) is 8.42 Å². The van der Waals surface area contributed by atoms with Gasteiger partial charge in [0.2, 0.25) is 11.8 Å². The molecule has 1 saturated heterocycles. The monoisotopic (exact) mass is 350 g/mol. The summed E-state index contributed by atoms with van der Waals surface area (Å²) in [5, 5.41) is 0. The quantitative estimate of drug-likeness (QED) is 0.812. The lowest BCUT2D eigenvalue weighted by molar-refractivity contribution is -0.130. The van der Waals surface area contributed by atoms with E-state index in [1.54, 1.807) is 36.9 Å². The zero-order valence-electron chi connectivity index (χ0n) is 14.0. The number of fused-ring (bicyclic) bond motifs is 1. The third-order valence-electron chi connectivity index (χ3n) is 4.80. The van der Waals surface area contributed by atoms with E-state index in [9.17, 15) is 18.0 Å². The van der Waals surface area contributed by atoms with Gasteiger partial charge in [0, 0.05) is 19.5 Å². The Kier molecular flexibility index (Phi) is 4.15. The Balaban J connectivity index is 2.03. The van der Waals surface area contributed by atoms with Gasteiger partial charge in [-0.1, -0.05) is 12.1 Å². The van der Waals surface area contributed by atoms with Gasteiger partial charge in [-0.3, -0.25) is 9.59 Å². The van der Waals surface area contributed by atoms with Crippen molar-refractivity contribution in [3.63, 3.8) is 0 Å². The third-order valence-corrected chi connectivity index (χ3v) is 7.33. The van der Waals surface area contributed by atoms with E-state index in [1.807, 2.05) is 0 Å². The number of sulfone groups is 1. The number of hydrogen-bond donors (Lipinski definition) is 0. The predicted octanol–water partition coefficient (Wildman–Crippen LogP) is 1.60. The molecule has 0 unspecified atom stereocenters. The zero-order chi connectivity index (χ0) is 17.5. The Labute approximate surface area is 142 Å². The van der Waals surface area contributed by atoms with Crippen molar-refractivity contribution < 1.29 is 18.0 Å². The van der Waals surface area contributed by atoms with Crippen LogP contribution in [0.15, 0.2) is 29.2 Å². The topological polar surface area (TPSA) is 74.8 Å². The molecule has 0 aliphatic carbocycles. The second-order valence-corrected chi connectivity index (χ2v) is 9.53. The summed E-state index contributed by atoms with van der Waals surface area (Å²) >= 11 is 0. The SMILES string of the molecule is CC1(C)CC(=O)N(CC(=O)N2CCCC2)c2ccccc2S1(=O)=O. The van der Waals surface area contributed by atoms with E-state index >= 15 is 0 Å². The van der Waals surface area contributed by atoms with Gasteiger partial charge in [0.05, 0.1) is 15.3 Å². The molecule has 2 aliphatic heterocycles. The second-order valence-electron chi connectivity index (χ2n) is 6.98. The molecular weight excluding hydrogens is 328 g/mol. The molecule has 0 saturated carbocycles. The number of para-hydroxylation sites is 1. The van der Waals surface area contributed by atoms with Crippen LogP contribution in [-0.2, 0) is 19.4 Å². The highest BCUT2D eigenvalue weighted by Crippen LogP contribution is 2.38. The number of carbonyl (C=O) groups excluding carboxylic acids is 2. The van der Waals surface area contributed by atoms with Crippen LogP contribution in [0.1, 0.15) is 33.1 Å². The van der Waals surface area contributed by atoms with Crippen LogP contribution in [0, 0.1) is 0 Å². The fourth-order valence-electron chi connectivity index (χ4n) is 3.27. The Morgan fingerprint density at radius 3 is 2.46 bits per heavy atom. The molecule has 2 heterocycles. The standard InChI is InChI=1S/C17H22N2O4S/c1-17(2)11-15(20)19(12-16(21)18-9-5-6-10-18)13-7-3-4-8-14(13)24(17,22)23/h3-4,7-8H,5-6,9-12H2,1-2H3. The van der Waals surface area contributed by atoms with Gasteiger partial charge in [0.15, 0.2) is 9.84 Å². The molecule has 0 spiro atoms. The highest BCUT2D eigenvalue weighted by Gasteiger charge is 2.44. The highest BCUT2D eigenvalue weighted by atomic mass is 32.2. The maximum absolute atomic E-state index is 12.9. The number of hydrogen-bond acceptors (Lipinski definition) is 4. The van der Waals surface area contributed by atoms with Crippen molar-refractivity contribution >= 4 is 27.3 Å². The molecule has 130 valence electrons. The average Bonchev–Trinajstić information content (AvgIpc) is 3.04. The molecule has 1 aromatic rings. The Morgan fingerprint density at radius 1 is 1.17 bits per heavy atom. The number of anilines is 1. The first-order valence-corrected chi connectivity index (χ1v) is 9.64. The predicted molar refractivity (Wildman–Crippen MR) is 90.5 cm³/mol. The molecule has 0 bridgehead atoms. The van der Waals surface area contributed by atoms with Crippen molar-refractivity contribution in [1.82, 2.24) is 4.90 Å². The normalized spacial score (nSPS) is 22.2. The van der Waals surface area contributed by atoms with Crippen LogP contribution in [0.5, 0.6) is 0 Å². The lowest BCUT2D eigenvalue weighted by Crippen LogP contribution is -2.43. The van der Waals surface area contributed by atoms with Crippen LogP contribution < -0.4 is 4.90 Å². The van der Waals surface area contributed by atoms with Crippen LogP contribution in [0.25, 0.3) is 0 Å². The molecule has 0 N–H and O–H groups in total. The number of benzene rings is 1. The Bertz CT molecular complexity index is 780. The van der Waals surface area contributed by atoms with Gasteiger partial charge in [0.25, 0.3) is 0 Å². The molecule has 6 nitrogen and oxygen atoms in total. The van der Waals surface area contributed by atoms with Gasteiger partial charge in [-0.05, 0) is 38.8 Å². The second kappa shape index (κ2) is 5.88. The van der Waals surface area contributed by atoms with E-state index in [2.05, 4.69) is 0 Å². The summed E-state index contributed by atoms with van der Waals surface area (Å²) in [6.07, 6.45) is 1.80. The molecule has 24 heavy (non-hydrogen) atoms. The third kappa shape index (κ3) is 2.70. The lowest BCUT2D eigenvalue weighted by Gasteiger charge is -2.25. The van der Waals surface area contributed by atoms with E-state index in [4.69, 9.17) is 0 Å². The summed E-state index contributed by atoms with van der Waals surface area (Å²) in [6.45, 7) is 4.41. The summed E-state index contributed by atoms with van der Waals surface area (Å²) in [4.78, 5) is 28.4. The molecule has 0 aromatic heterocycles. The molecule has 7 heteroatoms. The first-order chi connectivity index (χ1) is 11.2. The molecule has 2 aliphatic rings. The number of likely N-dealkylation sites (tertiary alicyclic amines) is 1. The maximum Gasteiger partial charge on any atom is 0.242 e. The fraction of sp³-hybridized carbons (Fsp3) is 0.529. The average molecular weight is 350 g/mol. The van der Waals surface area contributed by atoms with Crippen molar-refractivity contribution in [2.45, 2.75) is 42.8 Å². The lowest BCUT2D eigenvalue weighted by atomic mass is 10.1. The smallest absolute Gasteiger partial charge is 0.242 e. The van der Waals surface area contributed by atoms with Crippen LogP contribution in [0.2, 0.25) is 0 Å². The number of rotatable bonds is 2. The van der Waals surface area contributed by atoms with Crippen LogP contribution in [0.4, 0.5) is 5.69 Å². The minimum absolute atomic E-state index is 0.110. The van der Waals surface area contributed by atoms with E-state index in [-0.39, 0.29) is 29.7 Å². The summed E-state index contributed by atoms with van der Waals surface area (Å²) in [5.41, 5.74) is 0.306. The number of nitrogens with zero attached hydrogens (tertiary/aromatic N) is 2. The zero-order valence-corrected chi connectivity index (χ0v) is 14.8. The van der Waals surface area contributed by atoms with Crippen LogP contribution >= 0.6 is 0 Å². The van der Waals surface area contributed by atoms with Crippen molar-refractivity contribution in [2.24, 2.45) is 0 Å². The van der Waals surface area contributed by atoms with E-state index in [0.717, 1.165) is 12.8 Å². The van der Waals surface area contributed by atoms with Crippen molar-refractivity contribution in [2.75, 3.05) is 24.5 Å². The Hall–Kier alpha value is -1.89. The van der Waals surface area contributed by atoms with Crippen LogP contribution in [-0.4, -0.2) is 49.5 Å². The highest BCUT2D eigenvalue weighted by molar-refractivity contribution is 7.93. The minimum Gasteiger partial charge on any atom is -0.341 e. The van der Waals surface area contributed by atoms with E-state index < -0.39 is 14.6 Å². The van der Waals surface area contributed by atoms with Crippen molar-refractivity contribution in [1.29, 1.82) is 0 Å². The molecule has 0 atom stereocenters.